The normalized spacial score (nSPS) is 17.2. The van der Waals surface area contributed by atoms with Crippen LogP contribution in [-0.4, -0.2) is 37.5 Å². The van der Waals surface area contributed by atoms with Crippen molar-refractivity contribution in [3.8, 4) is 11.5 Å². The third kappa shape index (κ3) is 2.93. The number of carbonyl (C=O) groups is 1. The van der Waals surface area contributed by atoms with Gasteiger partial charge >= 0.3 is 0 Å². The maximum absolute atomic E-state index is 12.9. The van der Waals surface area contributed by atoms with Gasteiger partial charge in [0.25, 0.3) is 5.91 Å². The summed E-state index contributed by atoms with van der Waals surface area (Å²) < 4.78 is 5.45. The molecule has 0 radical (unpaired) electrons. The second-order valence-corrected chi connectivity index (χ2v) is 7.18. The van der Waals surface area contributed by atoms with Crippen LogP contribution in [0.5, 0.6) is 0 Å². The highest BCUT2D eigenvalue weighted by molar-refractivity contribution is 7.13. The van der Waals surface area contributed by atoms with E-state index < -0.39 is 0 Å². The molecule has 1 aliphatic rings. The molecule has 25 heavy (non-hydrogen) atoms. The highest BCUT2D eigenvalue weighted by Gasteiger charge is 2.36. The molecule has 3 aromatic rings. The van der Waals surface area contributed by atoms with Gasteiger partial charge in [-0.2, -0.15) is 4.98 Å². The van der Waals surface area contributed by atoms with Crippen LogP contribution in [0, 0.1) is 13.8 Å². The molecule has 1 aliphatic heterocycles. The van der Waals surface area contributed by atoms with E-state index in [0.717, 1.165) is 23.5 Å². The molecule has 0 aliphatic carbocycles. The van der Waals surface area contributed by atoms with Gasteiger partial charge in [0.2, 0.25) is 11.7 Å². The Morgan fingerprint density at radius 2 is 2.20 bits per heavy atom. The highest BCUT2D eigenvalue weighted by Crippen LogP contribution is 2.34. The van der Waals surface area contributed by atoms with E-state index in [1.54, 1.807) is 6.20 Å². The van der Waals surface area contributed by atoms with Gasteiger partial charge in [-0.3, -0.25) is 9.78 Å². The number of hydrogen-bond acceptors (Lipinski definition) is 7. The number of amides is 1. The van der Waals surface area contributed by atoms with Crippen LogP contribution in [0.1, 0.15) is 45.1 Å². The third-order valence-electron chi connectivity index (χ3n) is 4.23. The average molecular weight is 355 g/mol. The van der Waals surface area contributed by atoms with Gasteiger partial charge in [-0.15, -0.1) is 11.3 Å². The second-order valence-electron chi connectivity index (χ2n) is 5.98. The zero-order valence-electron chi connectivity index (χ0n) is 14.0. The Bertz CT molecular complexity index is 905. The first-order chi connectivity index (χ1) is 12.1. The van der Waals surface area contributed by atoms with Crippen molar-refractivity contribution in [3.63, 3.8) is 0 Å². The number of nitrogens with zero attached hydrogens (tertiary/aromatic N) is 5. The number of pyridine rings is 1. The number of aryl methyl sites for hydroxylation is 2. The Hall–Kier alpha value is -2.61. The number of likely N-dealkylation sites (tertiary alicyclic amines) is 1. The van der Waals surface area contributed by atoms with Crippen LogP contribution in [0.4, 0.5) is 0 Å². The smallest absolute Gasteiger partial charge is 0.266 e. The quantitative estimate of drug-likeness (QED) is 0.717. The summed E-state index contributed by atoms with van der Waals surface area (Å²) in [6.45, 7) is 4.46. The zero-order valence-corrected chi connectivity index (χ0v) is 14.8. The average Bonchev–Trinajstić information content (AvgIpc) is 3.33. The summed E-state index contributed by atoms with van der Waals surface area (Å²) in [5.41, 5.74) is 1.43. The van der Waals surface area contributed by atoms with Gasteiger partial charge < -0.3 is 9.42 Å². The van der Waals surface area contributed by atoms with E-state index in [4.69, 9.17) is 4.52 Å². The lowest BCUT2D eigenvalue weighted by Gasteiger charge is -2.21. The summed E-state index contributed by atoms with van der Waals surface area (Å²) in [7, 11) is 0. The summed E-state index contributed by atoms with van der Waals surface area (Å²) in [4.78, 5) is 28.5. The lowest BCUT2D eigenvalue weighted by Crippen LogP contribution is -2.30. The predicted octanol–water partition coefficient (Wildman–Crippen LogP) is 3.18. The number of thiazole rings is 1. The number of aromatic nitrogens is 4. The Labute approximate surface area is 148 Å². The Balaban J connectivity index is 1.61. The topological polar surface area (TPSA) is 85.0 Å². The van der Waals surface area contributed by atoms with Crippen LogP contribution in [0.15, 0.2) is 28.9 Å². The van der Waals surface area contributed by atoms with Crippen molar-refractivity contribution in [2.45, 2.75) is 32.7 Å². The molecule has 1 atom stereocenters. The molecule has 0 N–H and O–H groups in total. The van der Waals surface area contributed by atoms with E-state index in [9.17, 15) is 4.79 Å². The molecule has 1 amide bonds. The monoisotopic (exact) mass is 355 g/mol. The molecule has 3 aromatic heterocycles. The van der Waals surface area contributed by atoms with Crippen molar-refractivity contribution < 1.29 is 9.32 Å². The van der Waals surface area contributed by atoms with Crippen LogP contribution in [0.3, 0.4) is 0 Å². The molecular formula is C17H17N5O2S. The molecule has 4 rings (SSSR count). The van der Waals surface area contributed by atoms with Crippen molar-refractivity contribution in [1.82, 2.24) is 25.0 Å². The van der Waals surface area contributed by atoms with Gasteiger partial charge in [0, 0.05) is 12.7 Å². The zero-order chi connectivity index (χ0) is 17.4. The molecular weight excluding hydrogens is 338 g/mol. The predicted molar refractivity (Wildman–Crippen MR) is 92.1 cm³/mol. The van der Waals surface area contributed by atoms with E-state index in [2.05, 4.69) is 20.1 Å². The first-order valence-electron chi connectivity index (χ1n) is 8.13. The molecule has 0 spiro atoms. The molecule has 0 aromatic carbocycles. The molecule has 7 nitrogen and oxygen atoms in total. The van der Waals surface area contributed by atoms with Gasteiger partial charge in [-0.05, 0) is 38.8 Å². The number of carbonyl (C=O) groups excluding carboxylic acids is 1. The Morgan fingerprint density at radius 3 is 2.92 bits per heavy atom. The fourth-order valence-electron chi connectivity index (χ4n) is 3.10. The Kier molecular flexibility index (Phi) is 4.04. The lowest BCUT2D eigenvalue weighted by molar-refractivity contribution is 0.0714. The number of rotatable bonds is 3. The van der Waals surface area contributed by atoms with E-state index in [0.29, 0.717) is 28.8 Å². The summed E-state index contributed by atoms with van der Waals surface area (Å²) in [5, 5.41) is 4.92. The van der Waals surface area contributed by atoms with Crippen molar-refractivity contribution >= 4 is 17.2 Å². The minimum atomic E-state index is -0.195. The van der Waals surface area contributed by atoms with Crippen LogP contribution in [0.2, 0.25) is 0 Å². The van der Waals surface area contributed by atoms with E-state index >= 15 is 0 Å². The van der Waals surface area contributed by atoms with Gasteiger partial charge in [0.15, 0.2) is 0 Å². The standard InChI is InChI=1S/C17H17N5O2S/c1-10-14(25-11(2)19-10)17(23)22-9-5-7-13(22)16-20-15(21-24-16)12-6-3-4-8-18-12/h3-4,6,8,13H,5,7,9H2,1-2H3/t13-/m0/s1. The first-order valence-corrected chi connectivity index (χ1v) is 8.95. The largest absolute Gasteiger partial charge is 0.337 e. The second kappa shape index (κ2) is 6.36. The summed E-state index contributed by atoms with van der Waals surface area (Å²) in [6, 6.07) is 5.34. The van der Waals surface area contributed by atoms with Gasteiger partial charge in [-0.1, -0.05) is 11.2 Å². The third-order valence-corrected chi connectivity index (χ3v) is 5.29. The molecule has 0 unspecified atom stereocenters. The maximum Gasteiger partial charge on any atom is 0.266 e. The summed E-state index contributed by atoms with van der Waals surface area (Å²) in [5.74, 6) is 0.897. The van der Waals surface area contributed by atoms with Crippen LogP contribution in [-0.2, 0) is 0 Å². The first kappa shape index (κ1) is 15.9. The minimum absolute atomic E-state index is 0.0109. The van der Waals surface area contributed by atoms with Crippen LogP contribution < -0.4 is 0 Å². The molecule has 8 heteroatoms. The Morgan fingerprint density at radius 1 is 1.32 bits per heavy atom. The maximum atomic E-state index is 12.9. The van der Waals surface area contributed by atoms with Crippen molar-refractivity contribution in [2.75, 3.05) is 6.54 Å². The molecule has 0 bridgehead atoms. The molecule has 128 valence electrons. The van der Waals surface area contributed by atoms with Crippen LogP contribution in [0.25, 0.3) is 11.5 Å². The van der Waals surface area contributed by atoms with Gasteiger partial charge in [0.1, 0.15) is 16.6 Å². The minimum Gasteiger partial charge on any atom is -0.337 e. The van der Waals surface area contributed by atoms with Crippen LogP contribution >= 0.6 is 11.3 Å². The SMILES string of the molecule is Cc1nc(C)c(C(=O)N2CCC[C@H]2c2nc(-c3ccccn3)no2)s1. The molecule has 1 fully saturated rings. The van der Waals surface area contributed by atoms with E-state index in [1.165, 1.54) is 11.3 Å². The highest BCUT2D eigenvalue weighted by atomic mass is 32.1. The molecule has 1 saturated heterocycles. The van der Waals surface area contributed by atoms with E-state index in [-0.39, 0.29) is 11.9 Å². The van der Waals surface area contributed by atoms with Crippen molar-refractivity contribution in [2.24, 2.45) is 0 Å². The van der Waals surface area contributed by atoms with E-state index in [1.807, 2.05) is 36.9 Å². The van der Waals surface area contributed by atoms with Gasteiger partial charge in [-0.25, -0.2) is 4.98 Å². The molecule has 0 saturated carbocycles. The summed E-state index contributed by atoms with van der Waals surface area (Å²) >= 11 is 1.43. The number of hydrogen-bond donors (Lipinski definition) is 0. The van der Waals surface area contributed by atoms with Crippen molar-refractivity contribution in [1.29, 1.82) is 0 Å². The molecule has 4 heterocycles. The van der Waals surface area contributed by atoms with Crippen molar-refractivity contribution in [3.05, 3.63) is 45.9 Å². The fourth-order valence-corrected chi connectivity index (χ4v) is 3.97. The fraction of sp³-hybridized carbons (Fsp3) is 0.353. The lowest BCUT2D eigenvalue weighted by atomic mass is 10.2. The summed E-state index contributed by atoms with van der Waals surface area (Å²) in [6.07, 6.45) is 3.41. The van der Waals surface area contributed by atoms with Gasteiger partial charge in [0.05, 0.1) is 10.7 Å².